The molecule has 5 heteroatoms. The quantitative estimate of drug-likeness (QED) is 0.784. The van der Waals surface area contributed by atoms with Gasteiger partial charge in [0.25, 0.3) is 0 Å². The third kappa shape index (κ3) is 3.32. The summed E-state index contributed by atoms with van der Waals surface area (Å²) >= 11 is 10.6. The molecule has 0 saturated heterocycles. The van der Waals surface area contributed by atoms with E-state index in [1.54, 1.807) is 0 Å². The number of rotatable bonds is 4. The van der Waals surface area contributed by atoms with Crippen LogP contribution in [-0.4, -0.2) is 14.8 Å². The Balaban J connectivity index is 2.41. The number of nitrogens with two attached hydrogens (primary N) is 1. The summed E-state index contributed by atoms with van der Waals surface area (Å²) in [4.78, 5) is 0.551. The van der Waals surface area contributed by atoms with E-state index >= 15 is 0 Å². The molecule has 0 bridgehead atoms. The van der Waals surface area contributed by atoms with Crippen LogP contribution in [-0.2, 0) is 6.54 Å². The lowest BCUT2D eigenvalue weighted by molar-refractivity contribution is 0.586. The summed E-state index contributed by atoms with van der Waals surface area (Å²) in [5.41, 5.74) is 6.23. The smallest absolute Gasteiger partial charge is 0.0814 e. The molecule has 1 aromatic heterocycles. The Labute approximate surface area is 87.9 Å². The molecule has 0 amide bonds. The van der Waals surface area contributed by atoms with Crippen LogP contribution in [0.15, 0.2) is 6.20 Å². The monoisotopic (exact) mass is 217 g/mol. The maximum Gasteiger partial charge on any atom is 0.0814 e. The first-order valence-corrected chi connectivity index (χ1v) is 4.86. The molecule has 0 spiro atoms. The van der Waals surface area contributed by atoms with Crippen molar-refractivity contribution in [1.82, 2.24) is 9.78 Å². The summed E-state index contributed by atoms with van der Waals surface area (Å²) in [5.74, 6) is 0. The maximum atomic E-state index is 5.84. The second kappa shape index (κ2) is 4.58. The van der Waals surface area contributed by atoms with Crippen molar-refractivity contribution in [3.63, 3.8) is 0 Å². The Hall–Kier alpha value is -0.610. The summed E-state index contributed by atoms with van der Waals surface area (Å²) in [6.07, 6.45) is 3.48. The van der Waals surface area contributed by atoms with Gasteiger partial charge in [-0.25, -0.2) is 0 Å². The third-order valence-electron chi connectivity index (χ3n) is 1.70. The second-order valence-corrected chi connectivity index (χ2v) is 3.83. The Kier molecular flexibility index (Phi) is 3.69. The fourth-order valence-corrected chi connectivity index (χ4v) is 1.32. The van der Waals surface area contributed by atoms with Crippen molar-refractivity contribution in [2.75, 3.05) is 0 Å². The lowest BCUT2D eigenvalue weighted by Crippen LogP contribution is -2.09. The van der Waals surface area contributed by atoms with Crippen molar-refractivity contribution in [3.8, 4) is 0 Å². The van der Waals surface area contributed by atoms with Crippen molar-refractivity contribution < 1.29 is 0 Å². The number of aromatic nitrogens is 2. The van der Waals surface area contributed by atoms with E-state index in [4.69, 9.17) is 29.6 Å². The Bertz CT molecular complexity index is 289. The molecule has 1 heterocycles. The van der Waals surface area contributed by atoms with Crippen LogP contribution in [0, 0.1) is 6.92 Å². The van der Waals surface area contributed by atoms with E-state index in [1.165, 1.54) is 0 Å². The van der Waals surface area contributed by atoms with Gasteiger partial charge < -0.3 is 5.73 Å². The van der Waals surface area contributed by atoms with Crippen LogP contribution >= 0.6 is 23.8 Å². The van der Waals surface area contributed by atoms with Crippen LogP contribution in [0.25, 0.3) is 0 Å². The molecule has 0 aliphatic heterocycles. The zero-order chi connectivity index (χ0) is 9.84. The van der Waals surface area contributed by atoms with E-state index in [0.717, 1.165) is 25.1 Å². The highest BCUT2D eigenvalue weighted by Gasteiger charge is 2.01. The minimum absolute atomic E-state index is 0.551. The van der Waals surface area contributed by atoms with Crippen molar-refractivity contribution >= 4 is 28.8 Å². The zero-order valence-electron chi connectivity index (χ0n) is 7.46. The molecule has 1 aromatic rings. The highest BCUT2D eigenvalue weighted by molar-refractivity contribution is 7.80. The van der Waals surface area contributed by atoms with Gasteiger partial charge >= 0.3 is 0 Å². The molecule has 3 nitrogen and oxygen atoms in total. The predicted octanol–water partition coefficient (Wildman–Crippen LogP) is 1.91. The molecule has 0 unspecified atom stereocenters. The molecule has 0 aromatic carbocycles. The normalized spacial score (nSPS) is 10.3. The van der Waals surface area contributed by atoms with E-state index in [1.807, 2.05) is 17.8 Å². The van der Waals surface area contributed by atoms with E-state index in [-0.39, 0.29) is 0 Å². The topological polar surface area (TPSA) is 43.8 Å². The SMILES string of the molecule is Cc1nn(CCCC(N)=S)cc1Cl. The number of hydrogen-bond acceptors (Lipinski definition) is 2. The molecule has 13 heavy (non-hydrogen) atoms. The second-order valence-electron chi connectivity index (χ2n) is 2.90. The summed E-state index contributed by atoms with van der Waals surface area (Å²) in [6.45, 7) is 2.69. The van der Waals surface area contributed by atoms with Crippen molar-refractivity contribution in [1.29, 1.82) is 0 Å². The highest BCUT2D eigenvalue weighted by atomic mass is 35.5. The molecule has 0 radical (unpaired) electrons. The number of aryl methyl sites for hydroxylation is 2. The highest BCUT2D eigenvalue weighted by Crippen LogP contribution is 2.12. The first-order valence-electron chi connectivity index (χ1n) is 4.07. The van der Waals surface area contributed by atoms with Crippen LogP contribution in [0.3, 0.4) is 0 Å². The number of halogens is 1. The van der Waals surface area contributed by atoms with Crippen molar-refractivity contribution in [3.05, 3.63) is 16.9 Å². The van der Waals surface area contributed by atoms with Gasteiger partial charge in [0.1, 0.15) is 0 Å². The molecule has 0 aliphatic rings. The summed E-state index contributed by atoms with van der Waals surface area (Å²) in [5, 5.41) is 4.91. The molecule has 72 valence electrons. The first-order chi connectivity index (χ1) is 6.09. The van der Waals surface area contributed by atoms with Gasteiger partial charge in [-0.2, -0.15) is 5.10 Å². The van der Waals surface area contributed by atoms with E-state index < -0.39 is 0 Å². The summed E-state index contributed by atoms with van der Waals surface area (Å²) in [6, 6.07) is 0. The van der Waals surface area contributed by atoms with Crippen LogP contribution in [0.1, 0.15) is 18.5 Å². The van der Waals surface area contributed by atoms with Crippen LogP contribution in [0.4, 0.5) is 0 Å². The van der Waals surface area contributed by atoms with Gasteiger partial charge in [-0.05, 0) is 19.8 Å². The maximum absolute atomic E-state index is 5.84. The average molecular weight is 218 g/mol. The minimum Gasteiger partial charge on any atom is -0.393 e. The van der Waals surface area contributed by atoms with E-state index in [2.05, 4.69) is 5.10 Å². The van der Waals surface area contributed by atoms with E-state index in [0.29, 0.717) is 10.0 Å². The van der Waals surface area contributed by atoms with Crippen molar-refractivity contribution in [2.24, 2.45) is 5.73 Å². The average Bonchev–Trinajstić information content (AvgIpc) is 2.30. The molecule has 0 aliphatic carbocycles. The van der Waals surface area contributed by atoms with E-state index in [9.17, 15) is 0 Å². The first kappa shape index (κ1) is 10.5. The van der Waals surface area contributed by atoms with Gasteiger partial charge in [0, 0.05) is 12.7 Å². The molecule has 2 N–H and O–H groups in total. The zero-order valence-corrected chi connectivity index (χ0v) is 9.03. The lowest BCUT2D eigenvalue weighted by Gasteiger charge is -1.99. The Morgan fingerprint density at radius 1 is 1.77 bits per heavy atom. The van der Waals surface area contributed by atoms with Crippen molar-refractivity contribution in [2.45, 2.75) is 26.3 Å². The Morgan fingerprint density at radius 2 is 2.46 bits per heavy atom. The van der Waals surface area contributed by atoms with Gasteiger partial charge in [-0.1, -0.05) is 23.8 Å². The number of thiocarbonyl (C=S) groups is 1. The van der Waals surface area contributed by atoms with Gasteiger partial charge in [-0.15, -0.1) is 0 Å². The third-order valence-corrected chi connectivity index (χ3v) is 2.27. The van der Waals surface area contributed by atoms with Crippen LogP contribution in [0.5, 0.6) is 0 Å². The van der Waals surface area contributed by atoms with Gasteiger partial charge in [0.05, 0.1) is 15.7 Å². The molecular formula is C8H12ClN3S. The minimum atomic E-state index is 0.551. The largest absolute Gasteiger partial charge is 0.393 e. The fraction of sp³-hybridized carbons (Fsp3) is 0.500. The number of hydrogen-bond donors (Lipinski definition) is 1. The van der Waals surface area contributed by atoms with Gasteiger partial charge in [0.2, 0.25) is 0 Å². The number of nitrogens with zero attached hydrogens (tertiary/aromatic N) is 2. The lowest BCUT2D eigenvalue weighted by atomic mass is 10.3. The molecular weight excluding hydrogens is 206 g/mol. The summed E-state index contributed by atoms with van der Waals surface area (Å²) < 4.78 is 1.82. The van der Waals surface area contributed by atoms with Gasteiger partial charge in [0.15, 0.2) is 0 Å². The molecule has 0 saturated carbocycles. The van der Waals surface area contributed by atoms with Crippen LogP contribution < -0.4 is 5.73 Å². The standard InChI is InChI=1S/C8H12ClN3S/c1-6-7(9)5-12(11-6)4-2-3-8(10)13/h5H,2-4H2,1H3,(H2,10,13). The molecule has 1 rings (SSSR count). The van der Waals surface area contributed by atoms with Crippen LogP contribution in [0.2, 0.25) is 5.02 Å². The Morgan fingerprint density at radius 3 is 2.92 bits per heavy atom. The predicted molar refractivity (Wildman–Crippen MR) is 58.0 cm³/mol. The molecule has 0 atom stereocenters. The summed E-state index contributed by atoms with van der Waals surface area (Å²) in [7, 11) is 0. The molecule has 0 fully saturated rings. The fourth-order valence-electron chi connectivity index (χ4n) is 1.02. The van der Waals surface area contributed by atoms with Gasteiger partial charge in [-0.3, -0.25) is 4.68 Å².